The second-order valence-corrected chi connectivity index (χ2v) is 6.06. The highest BCUT2D eigenvalue weighted by Crippen LogP contribution is 2.52. The van der Waals surface area contributed by atoms with Gasteiger partial charge in [-0.3, -0.25) is 0 Å². The first kappa shape index (κ1) is 10.2. The minimum atomic E-state index is -0.0781. The Morgan fingerprint density at radius 1 is 1.36 bits per heavy atom. The van der Waals surface area contributed by atoms with Crippen molar-refractivity contribution in [3.8, 4) is 0 Å². The van der Waals surface area contributed by atoms with Crippen LogP contribution in [0.3, 0.4) is 0 Å². The lowest BCUT2D eigenvalue weighted by atomic mass is 9.74. The van der Waals surface area contributed by atoms with E-state index in [9.17, 15) is 0 Å². The van der Waals surface area contributed by atoms with Gasteiger partial charge in [-0.2, -0.15) is 0 Å². The van der Waals surface area contributed by atoms with E-state index in [2.05, 4.69) is 32.2 Å². The molecule has 1 atom stereocenters. The Kier molecular flexibility index (Phi) is 2.24. The molecule has 1 nitrogen and oxygen atoms in total. The third-order valence-corrected chi connectivity index (χ3v) is 5.04. The molecule has 1 unspecified atom stereocenters. The average molecular weight is 209 g/mol. The van der Waals surface area contributed by atoms with Gasteiger partial charge in [0.1, 0.15) is 0 Å². The van der Waals surface area contributed by atoms with E-state index in [-0.39, 0.29) is 11.0 Å². The summed E-state index contributed by atoms with van der Waals surface area (Å²) in [5, 5.41) is 2.16. The first-order valence-electron chi connectivity index (χ1n) is 5.31. The molecule has 0 saturated heterocycles. The van der Waals surface area contributed by atoms with Crippen LogP contribution in [0, 0.1) is 12.3 Å². The van der Waals surface area contributed by atoms with Gasteiger partial charge in [0.25, 0.3) is 0 Å². The molecule has 78 valence electrons. The zero-order valence-corrected chi connectivity index (χ0v) is 10.1. The minimum Gasteiger partial charge on any atom is -0.320 e. The highest BCUT2D eigenvalue weighted by molar-refractivity contribution is 7.10. The number of aryl methyl sites for hydroxylation is 1. The van der Waals surface area contributed by atoms with Crippen molar-refractivity contribution in [2.45, 2.75) is 45.6 Å². The van der Waals surface area contributed by atoms with E-state index in [4.69, 9.17) is 5.73 Å². The second-order valence-electron chi connectivity index (χ2n) is 5.14. The van der Waals surface area contributed by atoms with Crippen molar-refractivity contribution < 1.29 is 0 Å². The Hall–Kier alpha value is -0.340. The first-order valence-corrected chi connectivity index (χ1v) is 6.19. The third kappa shape index (κ3) is 1.24. The van der Waals surface area contributed by atoms with Crippen LogP contribution in [0.1, 0.15) is 43.6 Å². The lowest BCUT2D eigenvalue weighted by Crippen LogP contribution is -2.45. The molecule has 2 heteroatoms. The van der Waals surface area contributed by atoms with Crippen molar-refractivity contribution in [2.75, 3.05) is 0 Å². The van der Waals surface area contributed by atoms with Crippen LogP contribution >= 0.6 is 11.3 Å². The van der Waals surface area contributed by atoms with Crippen molar-refractivity contribution in [2.24, 2.45) is 11.1 Å². The number of hydrogen-bond acceptors (Lipinski definition) is 2. The Morgan fingerprint density at radius 2 is 2.07 bits per heavy atom. The van der Waals surface area contributed by atoms with Crippen molar-refractivity contribution >= 4 is 11.3 Å². The molecule has 2 rings (SSSR count). The van der Waals surface area contributed by atoms with Crippen LogP contribution in [-0.4, -0.2) is 0 Å². The number of nitrogens with two attached hydrogens (primary N) is 1. The molecule has 1 heterocycles. The van der Waals surface area contributed by atoms with Gasteiger partial charge in [-0.15, -0.1) is 11.3 Å². The maximum atomic E-state index is 6.61. The van der Waals surface area contributed by atoms with E-state index in [1.54, 1.807) is 0 Å². The van der Waals surface area contributed by atoms with E-state index >= 15 is 0 Å². The van der Waals surface area contributed by atoms with Crippen molar-refractivity contribution in [3.05, 3.63) is 21.9 Å². The molecule has 0 aliphatic heterocycles. The molecule has 0 radical (unpaired) electrons. The SMILES string of the molecule is Cc1ccsc1C1(N)CCCC1(C)C. The molecule has 1 aromatic heterocycles. The molecular weight excluding hydrogens is 190 g/mol. The third-order valence-electron chi connectivity index (χ3n) is 3.85. The van der Waals surface area contributed by atoms with E-state index in [0.717, 1.165) is 6.42 Å². The summed E-state index contributed by atoms with van der Waals surface area (Å²) in [6.45, 7) is 6.78. The summed E-state index contributed by atoms with van der Waals surface area (Å²) in [6, 6.07) is 2.18. The zero-order chi connectivity index (χ0) is 10.4. The van der Waals surface area contributed by atoms with Crippen LogP contribution < -0.4 is 5.73 Å². The Labute approximate surface area is 90.3 Å². The summed E-state index contributed by atoms with van der Waals surface area (Å²) < 4.78 is 0. The lowest BCUT2D eigenvalue weighted by molar-refractivity contribution is 0.214. The molecule has 1 fully saturated rings. The summed E-state index contributed by atoms with van der Waals surface area (Å²) in [5.41, 5.74) is 8.16. The fourth-order valence-corrected chi connectivity index (χ4v) is 3.87. The predicted octanol–water partition coefficient (Wildman–Crippen LogP) is 3.42. The highest BCUT2D eigenvalue weighted by Gasteiger charge is 2.48. The van der Waals surface area contributed by atoms with Gasteiger partial charge >= 0.3 is 0 Å². The lowest BCUT2D eigenvalue weighted by Gasteiger charge is -2.38. The Morgan fingerprint density at radius 3 is 2.50 bits per heavy atom. The fourth-order valence-electron chi connectivity index (χ4n) is 2.62. The standard InChI is InChI=1S/C12H19NS/c1-9-5-8-14-10(9)12(13)7-4-6-11(12,2)3/h5,8H,4,6-7,13H2,1-3H3. The van der Waals surface area contributed by atoms with Crippen molar-refractivity contribution in [3.63, 3.8) is 0 Å². The summed E-state index contributed by atoms with van der Waals surface area (Å²) in [7, 11) is 0. The van der Waals surface area contributed by atoms with E-state index in [1.807, 2.05) is 11.3 Å². The molecule has 0 bridgehead atoms. The highest BCUT2D eigenvalue weighted by atomic mass is 32.1. The molecule has 14 heavy (non-hydrogen) atoms. The quantitative estimate of drug-likeness (QED) is 0.753. The first-order chi connectivity index (χ1) is 6.47. The van der Waals surface area contributed by atoms with E-state index < -0.39 is 0 Å². The van der Waals surface area contributed by atoms with Crippen LogP contribution in [-0.2, 0) is 5.54 Å². The van der Waals surface area contributed by atoms with Crippen LogP contribution in [0.4, 0.5) is 0 Å². The Balaban J connectivity index is 2.47. The average Bonchev–Trinajstić information content (AvgIpc) is 2.59. The van der Waals surface area contributed by atoms with Gasteiger partial charge in [0.05, 0.1) is 5.54 Å². The molecular formula is C12H19NS. The topological polar surface area (TPSA) is 26.0 Å². The van der Waals surface area contributed by atoms with Crippen LogP contribution in [0.5, 0.6) is 0 Å². The summed E-state index contributed by atoms with van der Waals surface area (Å²) in [6.07, 6.45) is 3.66. The monoisotopic (exact) mass is 209 g/mol. The van der Waals surface area contributed by atoms with Crippen LogP contribution in [0.25, 0.3) is 0 Å². The summed E-state index contributed by atoms with van der Waals surface area (Å²) >= 11 is 1.82. The maximum absolute atomic E-state index is 6.61. The molecule has 1 aliphatic rings. The van der Waals surface area contributed by atoms with Crippen molar-refractivity contribution in [1.29, 1.82) is 0 Å². The molecule has 0 aromatic carbocycles. The molecule has 0 spiro atoms. The van der Waals surface area contributed by atoms with Gasteiger partial charge in [-0.1, -0.05) is 20.3 Å². The zero-order valence-electron chi connectivity index (χ0n) is 9.26. The number of hydrogen-bond donors (Lipinski definition) is 1. The van der Waals surface area contributed by atoms with Gasteiger partial charge in [-0.25, -0.2) is 0 Å². The van der Waals surface area contributed by atoms with Crippen LogP contribution in [0.2, 0.25) is 0 Å². The molecule has 1 aromatic rings. The number of thiophene rings is 1. The summed E-state index contributed by atoms with van der Waals surface area (Å²) in [4.78, 5) is 1.40. The predicted molar refractivity (Wildman–Crippen MR) is 62.6 cm³/mol. The minimum absolute atomic E-state index is 0.0781. The molecule has 0 amide bonds. The van der Waals surface area contributed by atoms with Gasteiger partial charge in [0.15, 0.2) is 0 Å². The van der Waals surface area contributed by atoms with Crippen LogP contribution in [0.15, 0.2) is 11.4 Å². The normalized spacial score (nSPS) is 30.9. The molecule has 2 N–H and O–H groups in total. The largest absolute Gasteiger partial charge is 0.320 e. The van der Waals surface area contributed by atoms with Gasteiger partial charge in [0.2, 0.25) is 0 Å². The summed E-state index contributed by atoms with van der Waals surface area (Å²) in [5.74, 6) is 0. The van der Waals surface area contributed by atoms with Gasteiger partial charge in [-0.05, 0) is 42.2 Å². The number of rotatable bonds is 1. The fraction of sp³-hybridized carbons (Fsp3) is 0.667. The second kappa shape index (κ2) is 3.07. The maximum Gasteiger partial charge on any atom is 0.0558 e. The van der Waals surface area contributed by atoms with E-state index in [0.29, 0.717) is 0 Å². The van der Waals surface area contributed by atoms with Gasteiger partial charge in [0, 0.05) is 4.88 Å². The molecule has 1 aliphatic carbocycles. The van der Waals surface area contributed by atoms with Gasteiger partial charge < -0.3 is 5.73 Å². The van der Waals surface area contributed by atoms with Crippen molar-refractivity contribution in [1.82, 2.24) is 0 Å². The Bertz CT molecular complexity index is 340. The van der Waals surface area contributed by atoms with E-state index in [1.165, 1.54) is 23.3 Å². The smallest absolute Gasteiger partial charge is 0.0558 e. The molecule has 1 saturated carbocycles.